The van der Waals surface area contributed by atoms with Crippen molar-refractivity contribution in [3.63, 3.8) is 0 Å². The van der Waals surface area contributed by atoms with E-state index in [2.05, 4.69) is 16.1 Å². The fourth-order valence-corrected chi connectivity index (χ4v) is 0.907. The van der Waals surface area contributed by atoms with Crippen molar-refractivity contribution < 1.29 is 23.8 Å². The van der Waals surface area contributed by atoms with Crippen LogP contribution in [0.25, 0.3) is 0 Å². The Morgan fingerprint density at radius 3 is 2.71 bits per heavy atom. The average molecular weight is 198 g/mol. The zero-order valence-corrected chi connectivity index (χ0v) is 7.69. The molecule has 1 aliphatic heterocycles. The van der Waals surface area contributed by atoms with Crippen molar-refractivity contribution >= 4 is 12.3 Å². The predicted molar refractivity (Wildman–Crippen MR) is 46.4 cm³/mol. The average Bonchev–Trinajstić information content (AvgIpc) is 2.21. The van der Waals surface area contributed by atoms with Gasteiger partial charge in [0.25, 0.3) is 0 Å². The first kappa shape index (κ1) is 10.3. The van der Waals surface area contributed by atoms with Crippen molar-refractivity contribution in [2.75, 3.05) is 0 Å². The summed E-state index contributed by atoms with van der Waals surface area (Å²) in [4.78, 5) is 21.5. The molecule has 1 aliphatic rings. The molecule has 1 fully saturated rings. The molecule has 5 heteroatoms. The van der Waals surface area contributed by atoms with E-state index in [-0.39, 0.29) is 5.76 Å². The molecule has 0 bridgehead atoms. The Bertz CT molecular complexity index is 292. The van der Waals surface area contributed by atoms with Gasteiger partial charge < -0.3 is 14.2 Å². The number of carbonyl (C=O) groups is 2. The minimum atomic E-state index is -1.11. The molecule has 0 aliphatic carbocycles. The van der Waals surface area contributed by atoms with E-state index in [9.17, 15) is 9.59 Å². The molecular formula is C9H10O5. The quantitative estimate of drug-likeness (QED) is 0.386. The second-order valence-electron chi connectivity index (χ2n) is 2.58. The second-order valence-corrected chi connectivity index (χ2v) is 2.58. The van der Waals surface area contributed by atoms with E-state index in [4.69, 9.17) is 4.74 Å². The lowest BCUT2D eigenvalue weighted by atomic mass is 10.2. The number of hydrogen-bond acceptors (Lipinski definition) is 5. The first-order chi connectivity index (χ1) is 6.63. The van der Waals surface area contributed by atoms with Gasteiger partial charge in [0.1, 0.15) is 5.76 Å². The topological polar surface area (TPSA) is 61.8 Å². The molecule has 1 unspecified atom stereocenters. The normalized spacial score (nSPS) is 22.6. The van der Waals surface area contributed by atoms with E-state index in [0.29, 0.717) is 6.42 Å². The summed E-state index contributed by atoms with van der Waals surface area (Å²) in [5, 5.41) is 0. The van der Waals surface area contributed by atoms with E-state index in [0.717, 1.165) is 0 Å². The third kappa shape index (κ3) is 2.62. The molecule has 14 heavy (non-hydrogen) atoms. The van der Waals surface area contributed by atoms with Crippen molar-refractivity contribution in [1.29, 1.82) is 0 Å². The van der Waals surface area contributed by atoms with Crippen LogP contribution in [0.5, 0.6) is 0 Å². The lowest BCUT2D eigenvalue weighted by molar-refractivity contribution is 0.0642. The molecule has 0 saturated carbocycles. The number of ether oxygens (including phenoxy) is 3. The van der Waals surface area contributed by atoms with Gasteiger partial charge in [-0.3, -0.25) is 0 Å². The van der Waals surface area contributed by atoms with Crippen molar-refractivity contribution in [3.8, 4) is 0 Å². The molecule has 0 aromatic heterocycles. The predicted octanol–water partition coefficient (Wildman–Crippen LogP) is 2.14. The maximum Gasteiger partial charge on any atom is 0.523 e. The Morgan fingerprint density at radius 2 is 2.07 bits per heavy atom. The van der Waals surface area contributed by atoms with Crippen LogP contribution >= 0.6 is 0 Å². The summed E-state index contributed by atoms with van der Waals surface area (Å²) < 4.78 is 13.4. The summed E-state index contributed by atoms with van der Waals surface area (Å²) in [5.41, 5.74) is 0. The fraction of sp³-hybridized carbons (Fsp3) is 0.333. The molecule has 0 aromatic carbocycles. The summed E-state index contributed by atoms with van der Waals surface area (Å²) in [6, 6.07) is 0. The minimum absolute atomic E-state index is 0.0685. The summed E-state index contributed by atoms with van der Waals surface area (Å²) in [5.74, 6) is 0.0685. The molecule has 0 amide bonds. The standard InChI is InChI=1S/C9H10O5/c1-3-4-5-7-6(2)12-8(10)14-9(11)13-7/h3-4,7H,2,5H2,1H3. The molecule has 1 atom stereocenters. The summed E-state index contributed by atoms with van der Waals surface area (Å²) in [6.45, 7) is 5.28. The molecule has 0 N–H and O–H groups in total. The number of rotatable bonds is 2. The Kier molecular flexibility index (Phi) is 3.28. The highest BCUT2D eigenvalue weighted by Gasteiger charge is 2.28. The fourth-order valence-electron chi connectivity index (χ4n) is 0.907. The summed E-state index contributed by atoms with van der Waals surface area (Å²) in [7, 11) is 0. The summed E-state index contributed by atoms with van der Waals surface area (Å²) >= 11 is 0. The van der Waals surface area contributed by atoms with E-state index in [1.807, 2.05) is 6.92 Å². The Labute approximate surface area is 80.9 Å². The first-order valence-electron chi connectivity index (χ1n) is 4.03. The molecule has 0 radical (unpaired) electrons. The zero-order chi connectivity index (χ0) is 10.6. The Morgan fingerprint density at radius 1 is 1.36 bits per heavy atom. The van der Waals surface area contributed by atoms with Crippen LogP contribution in [0.1, 0.15) is 13.3 Å². The molecule has 0 aromatic rings. The first-order valence-corrected chi connectivity index (χ1v) is 4.03. The zero-order valence-electron chi connectivity index (χ0n) is 7.69. The van der Waals surface area contributed by atoms with Gasteiger partial charge in [0.2, 0.25) is 0 Å². The maximum atomic E-state index is 10.8. The highest BCUT2D eigenvalue weighted by atomic mass is 16.8. The highest BCUT2D eigenvalue weighted by molar-refractivity contribution is 5.78. The van der Waals surface area contributed by atoms with Gasteiger partial charge in [-0.2, -0.15) is 0 Å². The molecule has 0 spiro atoms. The molecular weight excluding hydrogens is 188 g/mol. The third-order valence-corrected chi connectivity index (χ3v) is 1.56. The number of allylic oxidation sites excluding steroid dienone is 1. The van der Waals surface area contributed by atoms with Crippen molar-refractivity contribution in [3.05, 3.63) is 24.5 Å². The molecule has 5 nitrogen and oxygen atoms in total. The van der Waals surface area contributed by atoms with E-state index in [1.54, 1.807) is 12.2 Å². The molecule has 1 saturated heterocycles. The van der Waals surface area contributed by atoms with Crippen LogP contribution in [0.2, 0.25) is 0 Å². The Hall–Kier alpha value is -1.78. The lowest BCUT2D eigenvalue weighted by Gasteiger charge is -2.10. The minimum Gasteiger partial charge on any atom is -0.422 e. The molecule has 1 rings (SSSR count). The maximum absolute atomic E-state index is 10.8. The monoisotopic (exact) mass is 198 g/mol. The van der Waals surface area contributed by atoms with Crippen LogP contribution < -0.4 is 0 Å². The lowest BCUT2D eigenvalue weighted by Crippen LogP contribution is -2.16. The Balaban J connectivity index is 2.68. The number of carbonyl (C=O) groups excluding carboxylic acids is 2. The van der Waals surface area contributed by atoms with Gasteiger partial charge in [-0.15, -0.1) is 0 Å². The van der Waals surface area contributed by atoms with Gasteiger partial charge in [0.05, 0.1) is 0 Å². The van der Waals surface area contributed by atoms with Crippen LogP contribution in [0, 0.1) is 0 Å². The van der Waals surface area contributed by atoms with Gasteiger partial charge in [-0.05, 0) is 6.92 Å². The van der Waals surface area contributed by atoms with E-state index < -0.39 is 18.4 Å². The largest absolute Gasteiger partial charge is 0.523 e. The van der Waals surface area contributed by atoms with Crippen LogP contribution in [0.3, 0.4) is 0 Å². The smallest absolute Gasteiger partial charge is 0.422 e. The number of cyclic esters (lactones) is 4. The summed E-state index contributed by atoms with van der Waals surface area (Å²) in [6.07, 6.45) is 1.10. The van der Waals surface area contributed by atoms with Gasteiger partial charge in [0.15, 0.2) is 6.10 Å². The van der Waals surface area contributed by atoms with Crippen LogP contribution in [0.15, 0.2) is 24.5 Å². The van der Waals surface area contributed by atoms with Gasteiger partial charge in [-0.1, -0.05) is 18.7 Å². The third-order valence-electron chi connectivity index (χ3n) is 1.56. The van der Waals surface area contributed by atoms with Gasteiger partial charge in [0, 0.05) is 6.42 Å². The van der Waals surface area contributed by atoms with Crippen LogP contribution in [0.4, 0.5) is 9.59 Å². The van der Waals surface area contributed by atoms with Crippen molar-refractivity contribution in [2.24, 2.45) is 0 Å². The number of hydrogen-bond donors (Lipinski definition) is 0. The van der Waals surface area contributed by atoms with E-state index >= 15 is 0 Å². The van der Waals surface area contributed by atoms with Gasteiger partial charge >= 0.3 is 12.3 Å². The SMILES string of the molecule is C=C1OC(=O)OC(=O)OC1CC=CC. The second kappa shape index (κ2) is 4.45. The van der Waals surface area contributed by atoms with Crippen molar-refractivity contribution in [2.45, 2.75) is 19.4 Å². The van der Waals surface area contributed by atoms with Gasteiger partial charge in [-0.25, -0.2) is 9.59 Å². The van der Waals surface area contributed by atoms with Crippen molar-refractivity contribution in [1.82, 2.24) is 0 Å². The molecule has 76 valence electrons. The molecule has 1 heterocycles. The van der Waals surface area contributed by atoms with Crippen LogP contribution in [-0.2, 0) is 14.2 Å². The van der Waals surface area contributed by atoms with E-state index in [1.165, 1.54) is 0 Å². The highest BCUT2D eigenvalue weighted by Crippen LogP contribution is 2.17. The van der Waals surface area contributed by atoms with Crippen LogP contribution in [-0.4, -0.2) is 18.4 Å².